The number of carboxylic acids is 1. The first-order chi connectivity index (χ1) is 8.38. The highest BCUT2D eigenvalue weighted by Crippen LogP contribution is 2.51. The summed E-state index contributed by atoms with van der Waals surface area (Å²) in [7, 11) is 0. The van der Waals surface area contributed by atoms with Crippen LogP contribution < -0.4 is 5.32 Å². The summed E-state index contributed by atoms with van der Waals surface area (Å²) in [6, 6.07) is 3.29. The van der Waals surface area contributed by atoms with E-state index < -0.39 is 5.97 Å². The molecule has 1 aliphatic rings. The normalized spacial score (nSPS) is 20.2. The van der Waals surface area contributed by atoms with Gasteiger partial charge < -0.3 is 10.4 Å². The second kappa shape index (κ2) is 4.40. The smallest absolute Gasteiger partial charge is 0.309 e. The van der Waals surface area contributed by atoms with Gasteiger partial charge in [0, 0.05) is 5.92 Å². The van der Waals surface area contributed by atoms with Crippen molar-refractivity contribution in [3.63, 3.8) is 0 Å². The van der Waals surface area contributed by atoms with Gasteiger partial charge in [-0.25, -0.2) is 0 Å². The van der Waals surface area contributed by atoms with Gasteiger partial charge in [-0.1, -0.05) is 13.8 Å². The molecule has 2 N–H and O–H groups in total. The van der Waals surface area contributed by atoms with E-state index in [-0.39, 0.29) is 23.7 Å². The molecule has 1 fully saturated rings. The van der Waals surface area contributed by atoms with Crippen molar-refractivity contribution in [2.24, 2.45) is 11.3 Å². The van der Waals surface area contributed by atoms with E-state index in [1.165, 1.54) is 6.20 Å². The van der Waals surface area contributed by atoms with Gasteiger partial charge in [-0.2, -0.15) is 0 Å². The minimum atomic E-state index is -0.918. The quantitative estimate of drug-likeness (QED) is 0.849. The van der Waals surface area contributed by atoms with Crippen LogP contribution in [0.5, 0.6) is 0 Å². The zero-order valence-electron chi connectivity index (χ0n) is 10.4. The van der Waals surface area contributed by atoms with Gasteiger partial charge in [-0.15, -0.1) is 0 Å². The number of nitrogens with one attached hydrogen (secondary N) is 1. The van der Waals surface area contributed by atoms with Crippen LogP contribution in [-0.4, -0.2) is 22.0 Å². The van der Waals surface area contributed by atoms with Crippen molar-refractivity contribution in [1.29, 1.82) is 0 Å². The van der Waals surface area contributed by atoms with Crippen LogP contribution in [0.4, 0.5) is 5.69 Å². The Labute approximate surface area is 105 Å². The van der Waals surface area contributed by atoms with Crippen LogP contribution in [0.2, 0.25) is 0 Å². The van der Waals surface area contributed by atoms with Gasteiger partial charge in [-0.3, -0.25) is 14.6 Å². The second-order valence-electron chi connectivity index (χ2n) is 5.34. The molecule has 1 heterocycles. The molecule has 1 atom stereocenters. The maximum Gasteiger partial charge on any atom is 0.309 e. The van der Waals surface area contributed by atoms with E-state index in [4.69, 9.17) is 5.11 Å². The Morgan fingerprint density at radius 3 is 2.61 bits per heavy atom. The summed E-state index contributed by atoms with van der Waals surface area (Å²) in [5.41, 5.74) is 1.19. The SMILES string of the molecule is CC1(C)CC1C(=O)Nc1ccc(CC(=O)O)nc1. The molecule has 0 spiro atoms. The molecule has 2 rings (SSSR count). The maximum atomic E-state index is 11.8. The zero-order valence-corrected chi connectivity index (χ0v) is 10.4. The summed E-state index contributed by atoms with van der Waals surface area (Å²) in [5, 5.41) is 11.4. The fraction of sp³-hybridized carbons (Fsp3) is 0.462. The van der Waals surface area contributed by atoms with Crippen LogP contribution in [0, 0.1) is 11.3 Å². The van der Waals surface area contributed by atoms with Crippen molar-refractivity contribution in [2.45, 2.75) is 26.7 Å². The van der Waals surface area contributed by atoms with Crippen molar-refractivity contribution < 1.29 is 14.7 Å². The van der Waals surface area contributed by atoms with Crippen LogP contribution in [-0.2, 0) is 16.0 Å². The van der Waals surface area contributed by atoms with Crippen molar-refractivity contribution in [1.82, 2.24) is 4.98 Å². The molecule has 1 aromatic heterocycles. The predicted molar refractivity (Wildman–Crippen MR) is 66.1 cm³/mol. The second-order valence-corrected chi connectivity index (χ2v) is 5.34. The Morgan fingerprint density at radius 1 is 1.50 bits per heavy atom. The van der Waals surface area contributed by atoms with Crippen molar-refractivity contribution >= 4 is 17.6 Å². The van der Waals surface area contributed by atoms with E-state index in [0.29, 0.717) is 11.4 Å². The lowest BCUT2D eigenvalue weighted by atomic mass is 10.1. The number of rotatable bonds is 4. The number of carbonyl (C=O) groups excluding carboxylic acids is 1. The minimum Gasteiger partial charge on any atom is -0.481 e. The van der Waals surface area contributed by atoms with Crippen LogP contribution in [0.25, 0.3) is 0 Å². The molecular weight excluding hydrogens is 232 g/mol. The summed E-state index contributed by atoms with van der Waals surface area (Å²) in [4.78, 5) is 26.3. The van der Waals surface area contributed by atoms with Gasteiger partial charge in [-0.05, 0) is 24.0 Å². The number of nitrogens with zero attached hydrogens (tertiary/aromatic N) is 1. The minimum absolute atomic E-state index is 0.00721. The average Bonchev–Trinajstić information content (AvgIpc) is 2.90. The lowest BCUT2D eigenvalue weighted by Gasteiger charge is -2.06. The van der Waals surface area contributed by atoms with Gasteiger partial charge in [0.25, 0.3) is 0 Å². The number of hydrogen-bond donors (Lipinski definition) is 2. The van der Waals surface area contributed by atoms with Crippen LogP contribution in [0.1, 0.15) is 26.0 Å². The summed E-state index contributed by atoms with van der Waals surface area (Å²) in [5.74, 6) is -0.844. The Balaban J connectivity index is 1.94. The standard InChI is InChI=1S/C13H16N2O3/c1-13(2)6-10(13)12(18)15-9-4-3-8(14-7-9)5-11(16)17/h3-4,7,10H,5-6H2,1-2H3,(H,15,18)(H,16,17). The van der Waals surface area contributed by atoms with E-state index in [9.17, 15) is 9.59 Å². The van der Waals surface area contributed by atoms with Gasteiger partial charge in [0.2, 0.25) is 5.91 Å². The highest BCUT2D eigenvalue weighted by atomic mass is 16.4. The summed E-state index contributed by atoms with van der Waals surface area (Å²) >= 11 is 0. The van der Waals surface area contributed by atoms with Crippen molar-refractivity contribution in [3.8, 4) is 0 Å². The van der Waals surface area contributed by atoms with Gasteiger partial charge >= 0.3 is 5.97 Å². The number of pyridine rings is 1. The molecule has 18 heavy (non-hydrogen) atoms. The van der Waals surface area contributed by atoms with Gasteiger partial charge in [0.15, 0.2) is 0 Å². The van der Waals surface area contributed by atoms with Crippen LogP contribution in [0.15, 0.2) is 18.3 Å². The fourth-order valence-corrected chi connectivity index (χ4v) is 1.90. The van der Waals surface area contributed by atoms with Crippen molar-refractivity contribution in [3.05, 3.63) is 24.0 Å². The third-order valence-electron chi connectivity index (χ3n) is 3.25. The predicted octanol–water partition coefficient (Wildman–Crippen LogP) is 1.69. The van der Waals surface area contributed by atoms with E-state index in [1.54, 1.807) is 12.1 Å². The molecule has 1 aromatic rings. The maximum absolute atomic E-state index is 11.8. The average molecular weight is 248 g/mol. The van der Waals surface area contributed by atoms with E-state index in [1.807, 2.05) is 0 Å². The third-order valence-corrected chi connectivity index (χ3v) is 3.25. The molecule has 5 nitrogen and oxygen atoms in total. The van der Waals surface area contributed by atoms with Crippen LogP contribution >= 0.6 is 0 Å². The first-order valence-electron chi connectivity index (χ1n) is 5.86. The van der Waals surface area contributed by atoms with E-state index in [0.717, 1.165) is 6.42 Å². The number of amides is 1. The molecule has 0 radical (unpaired) electrons. The summed E-state index contributed by atoms with van der Waals surface area (Å²) in [6.07, 6.45) is 2.29. The Hall–Kier alpha value is -1.91. The number of carbonyl (C=O) groups is 2. The molecule has 1 amide bonds. The third kappa shape index (κ3) is 2.85. The zero-order chi connectivity index (χ0) is 13.3. The summed E-state index contributed by atoms with van der Waals surface area (Å²) < 4.78 is 0. The van der Waals surface area contributed by atoms with Gasteiger partial charge in [0.1, 0.15) is 0 Å². The first-order valence-corrected chi connectivity index (χ1v) is 5.86. The molecule has 0 aromatic carbocycles. The molecule has 1 unspecified atom stereocenters. The van der Waals surface area contributed by atoms with E-state index in [2.05, 4.69) is 24.1 Å². The number of anilines is 1. The fourth-order valence-electron chi connectivity index (χ4n) is 1.90. The number of hydrogen-bond acceptors (Lipinski definition) is 3. The molecule has 96 valence electrons. The lowest BCUT2D eigenvalue weighted by Crippen LogP contribution is -2.16. The Bertz CT molecular complexity index is 480. The van der Waals surface area contributed by atoms with Crippen LogP contribution in [0.3, 0.4) is 0 Å². The molecule has 0 bridgehead atoms. The van der Waals surface area contributed by atoms with Crippen molar-refractivity contribution in [2.75, 3.05) is 5.32 Å². The monoisotopic (exact) mass is 248 g/mol. The Morgan fingerprint density at radius 2 is 2.17 bits per heavy atom. The Kier molecular flexibility index (Phi) is 3.07. The molecule has 0 saturated heterocycles. The molecule has 5 heteroatoms. The van der Waals surface area contributed by atoms with E-state index >= 15 is 0 Å². The number of carboxylic acid groups (broad SMARTS) is 1. The molecule has 1 saturated carbocycles. The molecular formula is C13H16N2O3. The van der Waals surface area contributed by atoms with Gasteiger partial charge in [0.05, 0.1) is 24.0 Å². The summed E-state index contributed by atoms with van der Waals surface area (Å²) in [6.45, 7) is 4.12. The molecule has 1 aliphatic carbocycles. The largest absolute Gasteiger partial charge is 0.481 e. The lowest BCUT2D eigenvalue weighted by molar-refractivity contribution is -0.136. The highest BCUT2D eigenvalue weighted by Gasteiger charge is 2.50. The number of aliphatic carboxylic acids is 1. The topological polar surface area (TPSA) is 79.3 Å². The highest BCUT2D eigenvalue weighted by molar-refractivity contribution is 5.94. The molecule has 0 aliphatic heterocycles. The number of aromatic nitrogens is 1. The first kappa shape index (κ1) is 12.5.